The third kappa shape index (κ3) is 4.58. The molecule has 9 heteroatoms. The quantitative estimate of drug-likeness (QED) is 0.313. The number of esters is 1. The van der Waals surface area contributed by atoms with E-state index >= 15 is 0 Å². The number of carbonyl (C=O) groups excluding carboxylic acids is 3. The maximum absolute atomic E-state index is 14.8. The number of hydrogen-bond acceptors (Lipinski definition) is 6. The van der Waals surface area contributed by atoms with Crippen molar-refractivity contribution in [2.24, 2.45) is 23.7 Å². The Morgan fingerprint density at radius 1 is 1.32 bits per heavy atom. The van der Waals surface area contributed by atoms with E-state index in [2.05, 4.69) is 13.2 Å². The highest BCUT2D eigenvalue weighted by Gasteiger charge is 2.80. The van der Waals surface area contributed by atoms with Crippen molar-refractivity contribution in [2.75, 3.05) is 24.7 Å². The smallest absolute Gasteiger partial charge is 0.313 e. The largest absolute Gasteiger partial charge is 0.461 e. The normalized spacial score (nSPS) is 31.3. The highest BCUT2D eigenvalue weighted by atomic mass is 35.5. The first-order valence-electron chi connectivity index (χ1n) is 14.0. The second kappa shape index (κ2) is 11.3. The van der Waals surface area contributed by atoms with Crippen molar-refractivity contribution < 1.29 is 29.0 Å². The molecule has 3 heterocycles. The van der Waals surface area contributed by atoms with E-state index in [1.165, 1.54) is 11.0 Å². The molecule has 3 aliphatic rings. The fourth-order valence-electron chi connectivity index (χ4n) is 7.29. The lowest BCUT2D eigenvalue weighted by atomic mass is 9.62. The van der Waals surface area contributed by atoms with Gasteiger partial charge in [-0.05, 0) is 50.2 Å². The molecule has 40 heavy (non-hydrogen) atoms. The first-order chi connectivity index (χ1) is 18.9. The lowest BCUT2D eigenvalue weighted by molar-refractivity contribution is -0.161. The molecule has 0 radical (unpaired) electrons. The molecule has 3 aliphatic heterocycles. The fourth-order valence-corrected chi connectivity index (χ4v) is 7.62. The molecule has 0 aliphatic carbocycles. The van der Waals surface area contributed by atoms with E-state index in [1.807, 2.05) is 46.8 Å². The number of carbonyl (C=O) groups is 3. The molecule has 1 aromatic rings. The Morgan fingerprint density at radius 3 is 2.60 bits per heavy atom. The number of rotatable bonds is 11. The molecule has 7 atom stereocenters. The summed E-state index contributed by atoms with van der Waals surface area (Å²) in [5.41, 5.74) is -0.963. The van der Waals surface area contributed by atoms with Gasteiger partial charge in [-0.25, -0.2) is 0 Å². The summed E-state index contributed by atoms with van der Waals surface area (Å²) in [4.78, 5) is 45.8. The number of likely N-dealkylation sites (tertiary alicyclic amines) is 1. The molecule has 0 aromatic heterocycles. The lowest BCUT2D eigenvalue weighted by Crippen LogP contribution is -2.59. The standard InChI is InChI=1S/C31H41ClN2O6/c1-8-13-33(25-19(5)11-10-12-22(25)32)28(37)26-31-16-20(6)30(7,40-31)24(29(38)39-14-9-2)23(31)27(36)34(26)21(17-35)15-18(3)4/h8-12,18,20-21,23-24,26,35H,1-2,13-17H2,3-7H3/t20?,21-,23+,24-,26?,30+,31?/m1/s1. The Kier molecular flexibility index (Phi) is 8.56. The van der Waals surface area contributed by atoms with E-state index in [0.717, 1.165) is 5.56 Å². The summed E-state index contributed by atoms with van der Waals surface area (Å²) >= 11 is 6.63. The van der Waals surface area contributed by atoms with Crippen LogP contribution in [0.25, 0.3) is 0 Å². The molecular formula is C31H41ClN2O6. The molecule has 3 saturated heterocycles. The van der Waals surface area contributed by atoms with Gasteiger partial charge in [0, 0.05) is 6.54 Å². The zero-order valence-corrected chi connectivity index (χ0v) is 24.8. The van der Waals surface area contributed by atoms with Crippen LogP contribution in [0.1, 0.15) is 46.1 Å². The SMILES string of the molecule is C=CCOC(=O)[C@H]1[C@H]2C(=O)N([C@@H](CO)CC(C)C)C(C(=O)N(CC=C)c3c(C)cccc3Cl)C23CC(C)[C@]1(C)O3. The highest BCUT2D eigenvalue weighted by Crippen LogP contribution is 2.66. The fraction of sp³-hybridized carbons (Fsp3) is 0.581. The van der Waals surface area contributed by atoms with Crippen LogP contribution < -0.4 is 4.90 Å². The van der Waals surface area contributed by atoms with Gasteiger partial charge in [0.1, 0.15) is 24.2 Å². The number of benzene rings is 1. The third-order valence-electron chi connectivity index (χ3n) is 8.97. The highest BCUT2D eigenvalue weighted by molar-refractivity contribution is 6.34. The Bertz CT molecular complexity index is 1180. The molecule has 218 valence electrons. The molecule has 3 unspecified atom stereocenters. The van der Waals surface area contributed by atoms with Crippen molar-refractivity contribution in [3.05, 3.63) is 54.1 Å². The lowest BCUT2D eigenvalue weighted by Gasteiger charge is -2.40. The van der Waals surface area contributed by atoms with Gasteiger partial charge in [-0.2, -0.15) is 0 Å². The summed E-state index contributed by atoms with van der Waals surface area (Å²) < 4.78 is 12.3. The van der Waals surface area contributed by atoms with E-state index in [0.29, 0.717) is 23.6 Å². The van der Waals surface area contributed by atoms with Crippen LogP contribution in [0, 0.1) is 30.6 Å². The van der Waals surface area contributed by atoms with Crippen molar-refractivity contribution in [2.45, 2.75) is 70.7 Å². The number of fused-ring (bicyclic) bond motifs is 1. The van der Waals surface area contributed by atoms with Gasteiger partial charge in [0.15, 0.2) is 0 Å². The van der Waals surface area contributed by atoms with Gasteiger partial charge in [-0.15, -0.1) is 6.58 Å². The maximum atomic E-state index is 14.8. The third-order valence-corrected chi connectivity index (χ3v) is 9.27. The summed E-state index contributed by atoms with van der Waals surface area (Å²) in [6.07, 6.45) is 3.97. The summed E-state index contributed by atoms with van der Waals surface area (Å²) in [5, 5.41) is 10.9. The number of aryl methyl sites for hydroxylation is 1. The van der Waals surface area contributed by atoms with Crippen molar-refractivity contribution in [1.82, 2.24) is 4.90 Å². The number of anilines is 1. The van der Waals surface area contributed by atoms with Gasteiger partial charge in [0.2, 0.25) is 5.91 Å². The Hall–Kier alpha value is -2.68. The maximum Gasteiger partial charge on any atom is 0.313 e. The number of aliphatic hydroxyl groups excluding tert-OH is 1. The van der Waals surface area contributed by atoms with Crippen LogP contribution in [0.2, 0.25) is 5.02 Å². The minimum Gasteiger partial charge on any atom is -0.461 e. The van der Waals surface area contributed by atoms with Gasteiger partial charge in [-0.1, -0.05) is 63.2 Å². The molecule has 1 N–H and O–H groups in total. The van der Waals surface area contributed by atoms with Crippen molar-refractivity contribution in [1.29, 1.82) is 0 Å². The number of nitrogens with zero attached hydrogens (tertiary/aromatic N) is 2. The topological polar surface area (TPSA) is 96.4 Å². The summed E-state index contributed by atoms with van der Waals surface area (Å²) in [7, 11) is 0. The van der Waals surface area contributed by atoms with Gasteiger partial charge in [0.05, 0.1) is 34.9 Å². The van der Waals surface area contributed by atoms with Crippen LogP contribution in [0.5, 0.6) is 0 Å². The molecule has 8 nitrogen and oxygen atoms in total. The van der Waals surface area contributed by atoms with E-state index in [9.17, 15) is 19.5 Å². The number of ether oxygens (including phenoxy) is 2. The summed E-state index contributed by atoms with van der Waals surface area (Å²) in [6, 6.07) is 3.66. The number of hydrogen-bond donors (Lipinski definition) is 1. The van der Waals surface area contributed by atoms with Gasteiger partial charge >= 0.3 is 5.97 Å². The molecule has 0 saturated carbocycles. The van der Waals surface area contributed by atoms with Crippen LogP contribution in [0.4, 0.5) is 5.69 Å². The first kappa shape index (κ1) is 30.3. The van der Waals surface area contributed by atoms with Crippen LogP contribution >= 0.6 is 11.6 Å². The van der Waals surface area contributed by atoms with E-state index < -0.39 is 41.1 Å². The van der Waals surface area contributed by atoms with E-state index in [-0.39, 0.29) is 43.4 Å². The average molecular weight is 573 g/mol. The molecule has 1 spiro atoms. The molecular weight excluding hydrogens is 532 g/mol. The molecule has 2 amide bonds. The molecule has 2 bridgehead atoms. The van der Waals surface area contributed by atoms with Gasteiger partial charge in [0.25, 0.3) is 5.91 Å². The zero-order valence-electron chi connectivity index (χ0n) is 24.1. The number of amides is 2. The van der Waals surface area contributed by atoms with Crippen LogP contribution in [-0.2, 0) is 23.9 Å². The first-order valence-corrected chi connectivity index (χ1v) is 14.3. The predicted molar refractivity (Wildman–Crippen MR) is 154 cm³/mol. The summed E-state index contributed by atoms with van der Waals surface area (Å²) in [6.45, 7) is 17.0. The second-order valence-corrected chi connectivity index (χ2v) is 12.4. The Morgan fingerprint density at radius 2 is 2.02 bits per heavy atom. The van der Waals surface area contributed by atoms with Crippen molar-refractivity contribution >= 4 is 35.1 Å². The van der Waals surface area contributed by atoms with Gasteiger partial charge < -0.3 is 24.4 Å². The molecule has 1 aromatic carbocycles. The zero-order chi connectivity index (χ0) is 29.6. The number of aliphatic hydroxyl groups is 1. The summed E-state index contributed by atoms with van der Waals surface area (Å²) in [5.74, 6) is -3.14. The Balaban J connectivity index is 1.91. The van der Waals surface area contributed by atoms with E-state index in [4.69, 9.17) is 21.1 Å². The van der Waals surface area contributed by atoms with Crippen LogP contribution in [-0.4, -0.2) is 70.8 Å². The monoisotopic (exact) mass is 572 g/mol. The van der Waals surface area contributed by atoms with Gasteiger partial charge in [-0.3, -0.25) is 14.4 Å². The average Bonchev–Trinajstić information content (AvgIpc) is 3.41. The van der Waals surface area contributed by atoms with Crippen LogP contribution in [0.15, 0.2) is 43.5 Å². The van der Waals surface area contributed by atoms with Crippen LogP contribution in [0.3, 0.4) is 0 Å². The second-order valence-electron chi connectivity index (χ2n) is 12.0. The Labute approximate surface area is 241 Å². The van der Waals surface area contributed by atoms with Crippen molar-refractivity contribution in [3.63, 3.8) is 0 Å². The minimum atomic E-state index is -1.28. The number of halogens is 1. The van der Waals surface area contributed by atoms with E-state index in [1.54, 1.807) is 17.0 Å². The molecule has 4 rings (SSSR count). The minimum absolute atomic E-state index is 0.00525. The number of para-hydroxylation sites is 1. The molecule has 3 fully saturated rings. The van der Waals surface area contributed by atoms with Crippen molar-refractivity contribution in [3.8, 4) is 0 Å². The predicted octanol–water partition coefficient (Wildman–Crippen LogP) is 4.31.